The number of hydrogen-bond donors (Lipinski definition) is 1. The number of nitrogens with one attached hydrogen (secondary N) is 1. The van der Waals surface area contributed by atoms with Gasteiger partial charge in [-0.15, -0.1) is 0 Å². The van der Waals surface area contributed by atoms with Gasteiger partial charge in [-0.25, -0.2) is 0 Å². The van der Waals surface area contributed by atoms with Crippen LogP contribution >= 0.6 is 46.4 Å². The van der Waals surface area contributed by atoms with Gasteiger partial charge in [0.25, 0.3) is 0 Å². The van der Waals surface area contributed by atoms with Crippen molar-refractivity contribution in [2.24, 2.45) is 0 Å². The molecule has 7 heteroatoms. The lowest BCUT2D eigenvalue weighted by Gasteiger charge is -2.11. The first-order valence-corrected chi connectivity index (χ1v) is 8.11. The highest BCUT2D eigenvalue weighted by Gasteiger charge is 2.14. The molecule has 1 N–H and O–H groups in total. The molecule has 0 atom stereocenters. The molecule has 0 aliphatic heterocycles. The van der Waals surface area contributed by atoms with Crippen molar-refractivity contribution in [3.05, 3.63) is 43.6 Å². The third-order valence-electron chi connectivity index (χ3n) is 3.15. The highest BCUT2D eigenvalue weighted by molar-refractivity contribution is 6.44. The largest absolute Gasteiger partial charge is 0.378 e. The first kappa shape index (κ1) is 16.8. The molecule has 2 rings (SSSR count). The molecule has 1 heterocycles. The minimum absolute atomic E-state index is 0.428. The number of nitrogens with zero attached hydrogens (tertiary/aromatic N) is 2. The van der Waals surface area contributed by atoms with E-state index in [-0.39, 0.29) is 0 Å². The standard InChI is InChI=1S/C14H15Cl4N3/c1-3-11-14(18)13(21(4-2)20-11)7-19-12-6-9(16)8(15)5-10(12)17/h5-6,19H,3-4,7H2,1-2H3. The van der Waals surface area contributed by atoms with Gasteiger partial charge in [0, 0.05) is 6.54 Å². The summed E-state index contributed by atoms with van der Waals surface area (Å²) in [5, 5.41) is 9.80. The van der Waals surface area contributed by atoms with Crippen molar-refractivity contribution in [2.45, 2.75) is 33.4 Å². The van der Waals surface area contributed by atoms with Crippen LogP contribution in [0.4, 0.5) is 5.69 Å². The van der Waals surface area contributed by atoms with E-state index in [1.807, 2.05) is 18.5 Å². The van der Waals surface area contributed by atoms with Crippen LogP contribution in [0.25, 0.3) is 0 Å². The molecule has 0 bridgehead atoms. The van der Waals surface area contributed by atoms with Crippen molar-refractivity contribution in [1.82, 2.24) is 9.78 Å². The quantitative estimate of drug-likeness (QED) is 0.688. The predicted octanol–water partition coefficient (Wildman–Crippen LogP) is 5.69. The highest BCUT2D eigenvalue weighted by atomic mass is 35.5. The summed E-state index contributed by atoms with van der Waals surface area (Å²) in [7, 11) is 0. The molecular weight excluding hydrogens is 352 g/mol. The number of halogens is 4. The Morgan fingerprint density at radius 3 is 2.33 bits per heavy atom. The number of rotatable bonds is 5. The summed E-state index contributed by atoms with van der Waals surface area (Å²) in [5.41, 5.74) is 2.54. The van der Waals surface area contributed by atoms with Crippen molar-refractivity contribution in [1.29, 1.82) is 0 Å². The van der Waals surface area contributed by atoms with Crippen LogP contribution in [0, 0.1) is 0 Å². The predicted molar refractivity (Wildman–Crippen MR) is 91.1 cm³/mol. The van der Waals surface area contributed by atoms with E-state index in [9.17, 15) is 0 Å². The third kappa shape index (κ3) is 3.59. The van der Waals surface area contributed by atoms with Crippen molar-refractivity contribution < 1.29 is 0 Å². The lowest BCUT2D eigenvalue weighted by Crippen LogP contribution is -2.08. The Morgan fingerprint density at radius 2 is 1.71 bits per heavy atom. The van der Waals surface area contributed by atoms with Crippen molar-refractivity contribution in [3.8, 4) is 0 Å². The first-order valence-electron chi connectivity index (χ1n) is 6.60. The molecule has 0 amide bonds. The highest BCUT2D eigenvalue weighted by Crippen LogP contribution is 2.33. The molecule has 0 unspecified atom stereocenters. The van der Waals surface area contributed by atoms with Crippen LogP contribution < -0.4 is 5.32 Å². The molecule has 0 aliphatic carbocycles. The molecule has 1 aromatic carbocycles. The molecule has 114 valence electrons. The monoisotopic (exact) mass is 365 g/mol. The summed E-state index contributed by atoms with van der Waals surface area (Å²) in [6.45, 7) is 5.32. The number of benzene rings is 1. The van der Waals surface area contributed by atoms with Gasteiger partial charge in [0.05, 0.1) is 43.7 Å². The van der Waals surface area contributed by atoms with E-state index in [4.69, 9.17) is 46.4 Å². The fourth-order valence-corrected chi connectivity index (χ4v) is 2.97. The molecule has 0 fully saturated rings. The van der Waals surface area contributed by atoms with Crippen LogP contribution in [-0.4, -0.2) is 9.78 Å². The van der Waals surface area contributed by atoms with E-state index in [0.29, 0.717) is 32.3 Å². The summed E-state index contributed by atoms with van der Waals surface area (Å²) in [4.78, 5) is 0. The number of aromatic nitrogens is 2. The zero-order valence-corrected chi connectivity index (χ0v) is 14.7. The maximum atomic E-state index is 6.37. The minimum atomic E-state index is 0.428. The fourth-order valence-electron chi connectivity index (χ4n) is 2.02. The van der Waals surface area contributed by atoms with Gasteiger partial charge in [0.15, 0.2) is 0 Å². The van der Waals surface area contributed by atoms with E-state index < -0.39 is 0 Å². The summed E-state index contributed by atoms with van der Waals surface area (Å²) in [6, 6.07) is 3.32. The minimum Gasteiger partial charge on any atom is -0.378 e. The third-order valence-corrected chi connectivity index (χ3v) is 4.62. The Bertz CT molecular complexity index is 652. The Labute approximate surface area is 144 Å². The Morgan fingerprint density at radius 1 is 1.05 bits per heavy atom. The molecule has 0 aliphatic rings. The first-order chi connectivity index (χ1) is 9.97. The second kappa shape index (κ2) is 7.10. The average molecular weight is 367 g/mol. The molecule has 0 saturated heterocycles. The molecule has 0 spiro atoms. The molecule has 2 aromatic rings. The summed E-state index contributed by atoms with van der Waals surface area (Å²) < 4.78 is 1.89. The fraction of sp³-hybridized carbons (Fsp3) is 0.357. The molecule has 0 radical (unpaired) electrons. The lowest BCUT2D eigenvalue weighted by molar-refractivity contribution is 0.619. The second-order valence-corrected chi connectivity index (χ2v) is 6.08. The van der Waals surface area contributed by atoms with Crippen molar-refractivity contribution in [3.63, 3.8) is 0 Å². The van der Waals surface area contributed by atoms with Crippen LogP contribution in [0.3, 0.4) is 0 Å². The molecule has 3 nitrogen and oxygen atoms in total. The van der Waals surface area contributed by atoms with Crippen LogP contribution in [0.1, 0.15) is 25.2 Å². The van der Waals surface area contributed by atoms with Crippen LogP contribution in [0.15, 0.2) is 12.1 Å². The normalized spacial score (nSPS) is 11.0. The van der Waals surface area contributed by atoms with Gasteiger partial charge in [-0.05, 0) is 25.5 Å². The maximum Gasteiger partial charge on any atom is 0.0868 e. The van der Waals surface area contributed by atoms with Gasteiger partial charge in [0.1, 0.15) is 0 Å². The average Bonchev–Trinajstić information content (AvgIpc) is 2.77. The van der Waals surface area contributed by atoms with Gasteiger partial charge in [0.2, 0.25) is 0 Å². The van der Waals surface area contributed by atoms with Gasteiger partial charge < -0.3 is 5.32 Å². The zero-order valence-electron chi connectivity index (χ0n) is 11.7. The van der Waals surface area contributed by atoms with E-state index in [0.717, 1.165) is 24.4 Å². The Hall–Kier alpha value is -0.610. The van der Waals surface area contributed by atoms with Gasteiger partial charge in [-0.2, -0.15) is 5.10 Å². The van der Waals surface area contributed by atoms with Gasteiger partial charge >= 0.3 is 0 Å². The zero-order chi connectivity index (χ0) is 15.6. The van der Waals surface area contributed by atoms with E-state index >= 15 is 0 Å². The van der Waals surface area contributed by atoms with E-state index in [1.165, 1.54) is 0 Å². The second-order valence-electron chi connectivity index (χ2n) is 4.48. The summed E-state index contributed by atoms with van der Waals surface area (Å²) in [5.74, 6) is 0. The number of hydrogen-bond acceptors (Lipinski definition) is 2. The maximum absolute atomic E-state index is 6.37. The van der Waals surface area contributed by atoms with Crippen LogP contribution in [0.2, 0.25) is 20.1 Å². The number of aryl methyl sites for hydroxylation is 2. The molecule has 21 heavy (non-hydrogen) atoms. The van der Waals surface area contributed by atoms with Gasteiger partial charge in [-0.3, -0.25) is 4.68 Å². The molecular formula is C14H15Cl4N3. The molecule has 1 aromatic heterocycles. The summed E-state index contributed by atoms with van der Waals surface area (Å²) >= 11 is 24.4. The lowest BCUT2D eigenvalue weighted by atomic mass is 10.2. The van der Waals surface area contributed by atoms with Crippen LogP contribution in [0.5, 0.6) is 0 Å². The smallest absolute Gasteiger partial charge is 0.0868 e. The van der Waals surface area contributed by atoms with E-state index in [1.54, 1.807) is 12.1 Å². The Kier molecular flexibility index (Phi) is 5.67. The van der Waals surface area contributed by atoms with Gasteiger partial charge in [-0.1, -0.05) is 53.3 Å². The SMILES string of the molecule is CCc1nn(CC)c(CNc2cc(Cl)c(Cl)cc2Cl)c1Cl. The topological polar surface area (TPSA) is 29.9 Å². The number of anilines is 1. The van der Waals surface area contributed by atoms with Crippen molar-refractivity contribution in [2.75, 3.05) is 5.32 Å². The Balaban J connectivity index is 2.24. The summed E-state index contributed by atoms with van der Waals surface area (Å²) in [6.07, 6.45) is 0.798. The molecule has 0 saturated carbocycles. The van der Waals surface area contributed by atoms with Crippen LogP contribution in [-0.2, 0) is 19.5 Å². The van der Waals surface area contributed by atoms with E-state index in [2.05, 4.69) is 10.4 Å². The van der Waals surface area contributed by atoms with Crippen molar-refractivity contribution >= 4 is 52.1 Å².